The van der Waals surface area contributed by atoms with Crippen LogP contribution in [0, 0.1) is 17.0 Å². The van der Waals surface area contributed by atoms with Gasteiger partial charge >= 0.3 is 0 Å². The third-order valence-electron chi connectivity index (χ3n) is 5.14. The van der Waals surface area contributed by atoms with E-state index in [0.29, 0.717) is 27.8 Å². The summed E-state index contributed by atoms with van der Waals surface area (Å²) in [6.45, 7) is 5.70. The van der Waals surface area contributed by atoms with E-state index in [9.17, 15) is 14.9 Å². The van der Waals surface area contributed by atoms with E-state index >= 15 is 0 Å². The van der Waals surface area contributed by atoms with Gasteiger partial charge < -0.3 is 10.1 Å². The van der Waals surface area contributed by atoms with Crippen molar-refractivity contribution in [2.45, 2.75) is 26.9 Å². The minimum Gasteiger partial charge on any atom is -0.491 e. The van der Waals surface area contributed by atoms with Gasteiger partial charge in [-0.25, -0.2) is 4.98 Å². The van der Waals surface area contributed by atoms with E-state index in [4.69, 9.17) is 9.72 Å². The Balaban J connectivity index is 1.77. The van der Waals surface area contributed by atoms with Crippen LogP contribution in [0.1, 0.15) is 29.8 Å². The molecule has 0 spiro atoms. The van der Waals surface area contributed by atoms with Crippen LogP contribution in [-0.2, 0) is 0 Å². The number of hydrogen-bond donors (Lipinski definition) is 1. The third-order valence-corrected chi connectivity index (χ3v) is 5.14. The molecule has 4 aromatic rings. The lowest BCUT2D eigenvalue weighted by molar-refractivity contribution is -0.384. The summed E-state index contributed by atoms with van der Waals surface area (Å²) in [5, 5.41) is 14.7. The van der Waals surface area contributed by atoms with Gasteiger partial charge in [0.2, 0.25) is 0 Å². The number of fused-ring (bicyclic) bond motifs is 1. The fourth-order valence-corrected chi connectivity index (χ4v) is 3.56. The molecule has 0 saturated heterocycles. The van der Waals surface area contributed by atoms with E-state index in [1.54, 1.807) is 19.1 Å². The summed E-state index contributed by atoms with van der Waals surface area (Å²) < 4.78 is 5.80. The highest BCUT2D eigenvalue weighted by atomic mass is 16.6. The highest BCUT2D eigenvalue weighted by molar-refractivity contribution is 6.13. The third kappa shape index (κ3) is 4.82. The summed E-state index contributed by atoms with van der Waals surface area (Å²) in [5.41, 5.74) is 3.58. The predicted molar refractivity (Wildman–Crippen MR) is 129 cm³/mol. The number of carbonyl (C=O) groups excluding carboxylic acids is 1. The molecule has 0 aliphatic rings. The van der Waals surface area contributed by atoms with Gasteiger partial charge in [-0.05, 0) is 50.6 Å². The number of nitro groups is 1. The van der Waals surface area contributed by atoms with Crippen molar-refractivity contribution < 1.29 is 14.5 Å². The molecule has 0 aliphatic heterocycles. The number of amides is 1. The topological polar surface area (TPSA) is 94.4 Å². The Morgan fingerprint density at radius 2 is 1.82 bits per heavy atom. The number of benzene rings is 3. The van der Waals surface area contributed by atoms with Crippen molar-refractivity contribution in [2.24, 2.45) is 0 Å². The zero-order valence-corrected chi connectivity index (χ0v) is 18.5. The number of aryl methyl sites for hydroxylation is 1. The molecule has 1 N–H and O–H groups in total. The molecule has 0 unspecified atom stereocenters. The number of carbonyl (C=O) groups is 1. The van der Waals surface area contributed by atoms with Crippen LogP contribution < -0.4 is 10.1 Å². The SMILES string of the molecule is Cc1ccc([N+](=O)[O-])cc1NC(=O)c1cc(-c2cccc(OC(C)C)c2)nc2ccccc12. The van der Waals surface area contributed by atoms with Crippen LogP contribution in [0.4, 0.5) is 11.4 Å². The minimum absolute atomic E-state index is 0.0318. The molecule has 1 aromatic heterocycles. The molecular weight excluding hydrogens is 418 g/mol. The lowest BCUT2D eigenvalue weighted by Crippen LogP contribution is -2.14. The fraction of sp³-hybridized carbons (Fsp3) is 0.154. The monoisotopic (exact) mass is 441 g/mol. The number of para-hydroxylation sites is 1. The maximum absolute atomic E-state index is 13.3. The van der Waals surface area contributed by atoms with Crippen LogP contribution in [0.15, 0.2) is 72.8 Å². The van der Waals surface area contributed by atoms with Crippen LogP contribution in [0.5, 0.6) is 5.75 Å². The highest BCUT2D eigenvalue weighted by Gasteiger charge is 2.17. The van der Waals surface area contributed by atoms with Gasteiger partial charge in [0.05, 0.1) is 33.5 Å². The molecule has 1 heterocycles. The Kier molecular flexibility index (Phi) is 6.04. The second-order valence-electron chi connectivity index (χ2n) is 7.98. The van der Waals surface area contributed by atoms with Crippen molar-refractivity contribution >= 4 is 28.2 Å². The lowest BCUT2D eigenvalue weighted by atomic mass is 10.0. The smallest absolute Gasteiger partial charge is 0.271 e. The van der Waals surface area contributed by atoms with E-state index in [0.717, 1.165) is 16.9 Å². The Labute approximate surface area is 191 Å². The molecular formula is C26H23N3O4. The average Bonchev–Trinajstić information content (AvgIpc) is 2.79. The van der Waals surface area contributed by atoms with Crippen LogP contribution in [-0.4, -0.2) is 21.9 Å². The van der Waals surface area contributed by atoms with Crippen molar-refractivity contribution in [1.29, 1.82) is 0 Å². The van der Waals surface area contributed by atoms with Crippen molar-refractivity contribution in [3.05, 3.63) is 94.0 Å². The molecule has 1 amide bonds. The Morgan fingerprint density at radius 3 is 2.58 bits per heavy atom. The Hall–Kier alpha value is -4.26. The van der Waals surface area contributed by atoms with Crippen molar-refractivity contribution in [3.8, 4) is 17.0 Å². The van der Waals surface area contributed by atoms with Gasteiger partial charge in [-0.15, -0.1) is 0 Å². The first kappa shape index (κ1) is 22.0. The van der Waals surface area contributed by atoms with Crippen LogP contribution in [0.3, 0.4) is 0 Å². The number of pyridine rings is 1. The molecule has 166 valence electrons. The van der Waals surface area contributed by atoms with Crippen molar-refractivity contribution in [1.82, 2.24) is 4.98 Å². The standard InChI is InChI=1S/C26H23N3O4/c1-16(2)33-20-8-6-7-18(13-20)25-15-22(21-9-4-5-10-23(21)27-25)26(30)28-24-14-19(29(31)32)12-11-17(24)3/h4-16H,1-3H3,(H,28,30). The first-order valence-electron chi connectivity index (χ1n) is 10.5. The first-order valence-corrected chi connectivity index (χ1v) is 10.5. The molecule has 0 atom stereocenters. The van der Waals surface area contributed by atoms with E-state index in [1.165, 1.54) is 12.1 Å². The molecule has 3 aromatic carbocycles. The van der Waals surface area contributed by atoms with Gasteiger partial charge in [0.25, 0.3) is 11.6 Å². The van der Waals surface area contributed by atoms with Gasteiger partial charge in [-0.2, -0.15) is 0 Å². The van der Waals surface area contributed by atoms with E-state index in [1.807, 2.05) is 62.4 Å². The number of ether oxygens (including phenoxy) is 1. The molecule has 0 aliphatic carbocycles. The summed E-state index contributed by atoms with van der Waals surface area (Å²) in [6, 6.07) is 21.1. The van der Waals surface area contributed by atoms with Crippen molar-refractivity contribution in [3.63, 3.8) is 0 Å². The van der Waals surface area contributed by atoms with Crippen LogP contribution in [0.2, 0.25) is 0 Å². The summed E-state index contributed by atoms with van der Waals surface area (Å²) in [4.78, 5) is 28.8. The predicted octanol–water partition coefficient (Wildman–Crippen LogP) is 6.16. The summed E-state index contributed by atoms with van der Waals surface area (Å²) in [7, 11) is 0. The summed E-state index contributed by atoms with van der Waals surface area (Å²) >= 11 is 0. The maximum atomic E-state index is 13.3. The number of rotatable bonds is 6. The highest BCUT2D eigenvalue weighted by Crippen LogP contribution is 2.29. The molecule has 4 rings (SSSR count). The zero-order valence-electron chi connectivity index (χ0n) is 18.5. The molecule has 0 fully saturated rings. The fourth-order valence-electron chi connectivity index (χ4n) is 3.56. The number of nitrogens with zero attached hydrogens (tertiary/aromatic N) is 2. The molecule has 7 nitrogen and oxygen atoms in total. The Morgan fingerprint density at radius 1 is 1.03 bits per heavy atom. The number of non-ortho nitro benzene ring substituents is 1. The Bertz CT molecular complexity index is 1370. The van der Waals surface area contributed by atoms with Gasteiger partial charge in [0, 0.05) is 23.1 Å². The number of anilines is 1. The van der Waals surface area contributed by atoms with Gasteiger partial charge in [-0.3, -0.25) is 14.9 Å². The molecule has 0 radical (unpaired) electrons. The average molecular weight is 441 g/mol. The van der Waals surface area contributed by atoms with E-state index in [2.05, 4.69) is 5.32 Å². The summed E-state index contributed by atoms with van der Waals surface area (Å²) in [6.07, 6.45) is 0.0318. The molecule has 0 saturated carbocycles. The quantitative estimate of drug-likeness (QED) is 0.286. The number of nitro benzene ring substituents is 1. The van der Waals surface area contributed by atoms with Gasteiger partial charge in [0.1, 0.15) is 5.75 Å². The number of nitrogens with one attached hydrogen (secondary N) is 1. The van der Waals surface area contributed by atoms with Crippen molar-refractivity contribution in [2.75, 3.05) is 5.32 Å². The lowest BCUT2D eigenvalue weighted by Gasteiger charge is -2.13. The second-order valence-corrected chi connectivity index (χ2v) is 7.98. The number of hydrogen-bond acceptors (Lipinski definition) is 5. The minimum atomic E-state index is -0.485. The number of aromatic nitrogens is 1. The normalized spacial score (nSPS) is 10.9. The molecule has 7 heteroatoms. The summed E-state index contributed by atoms with van der Waals surface area (Å²) in [5.74, 6) is 0.351. The zero-order chi connectivity index (χ0) is 23.5. The molecule has 33 heavy (non-hydrogen) atoms. The van der Waals surface area contributed by atoms with Gasteiger partial charge in [0.15, 0.2) is 0 Å². The molecule has 0 bridgehead atoms. The van der Waals surface area contributed by atoms with Crippen LogP contribution in [0.25, 0.3) is 22.2 Å². The second kappa shape index (κ2) is 9.08. The van der Waals surface area contributed by atoms with E-state index in [-0.39, 0.29) is 17.7 Å². The van der Waals surface area contributed by atoms with E-state index < -0.39 is 4.92 Å². The van der Waals surface area contributed by atoms with Crippen LogP contribution >= 0.6 is 0 Å². The first-order chi connectivity index (χ1) is 15.8. The van der Waals surface area contributed by atoms with Gasteiger partial charge in [-0.1, -0.05) is 36.4 Å². The largest absolute Gasteiger partial charge is 0.491 e. The maximum Gasteiger partial charge on any atom is 0.271 e.